The fourth-order valence-corrected chi connectivity index (χ4v) is 2.85. The van der Waals surface area contributed by atoms with E-state index in [1.165, 1.54) is 6.07 Å². The Hall–Kier alpha value is -1.46. The minimum absolute atomic E-state index is 0.0628. The van der Waals surface area contributed by atoms with Gasteiger partial charge in [-0.3, -0.25) is 9.69 Å². The zero-order chi connectivity index (χ0) is 15.4. The SMILES string of the molecule is CCN1CCC(N(C)CC(=O)c2cc(F)ccc2O)CC1. The first-order valence-electron chi connectivity index (χ1n) is 7.45. The molecule has 0 spiro atoms. The van der Waals surface area contributed by atoms with E-state index in [-0.39, 0.29) is 23.6 Å². The third-order valence-electron chi connectivity index (χ3n) is 4.28. The summed E-state index contributed by atoms with van der Waals surface area (Å²) in [5.41, 5.74) is 0.0628. The molecule has 0 amide bonds. The van der Waals surface area contributed by atoms with E-state index in [2.05, 4.69) is 11.8 Å². The van der Waals surface area contributed by atoms with Gasteiger partial charge in [0.25, 0.3) is 0 Å². The molecule has 2 rings (SSSR count). The number of phenols is 1. The molecule has 21 heavy (non-hydrogen) atoms. The van der Waals surface area contributed by atoms with E-state index in [9.17, 15) is 14.3 Å². The van der Waals surface area contributed by atoms with Gasteiger partial charge in [-0.05, 0) is 57.7 Å². The first-order valence-corrected chi connectivity index (χ1v) is 7.45. The zero-order valence-electron chi connectivity index (χ0n) is 12.7. The highest BCUT2D eigenvalue weighted by atomic mass is 19.1. The third kappa shape index (κ3) is 4.02. The number of hydrogen-bond acceptors (Lipinski definition) is 4. The van der Waals surface area contributed by atoms with Gasteiger partial charge in [0, 0.05) is 6.04 Å². The maximum atomic E-state index is 13.2. The molecule has 0 aliphatic carbocycles. The molecule has 1 aromatic carbocycles. The van der Waals surface area contributed by atoms with Crippen molar-refractivity contribution in [3.8, 4) is 5.75 Å². The van der Waals surface area contributed by atoms with Crippen molar-refractivity contribution in [2.24, 2.45) is 0 Å². The zero-order valence-corrected chi connectivity index (χ0v) is 12.7. The molecule has 1 N–H and O–H groups in total. The number of halogens is 1. The minimum Gasteiger partial charge on any atom is -0.507 e. The molecule has 0 unspecified atom stereocenters. The highest BCUT2D eigenvalue weighted by Gasteiger charge is 2.24. The predicted molar refractivity (Wildman–Crippen MR) is 80.2 cm³/mol. The van der Waals surface area contributed by atoms with Crippen LogP contribution in [-0.2, 0) is 0 Å². The number of piperidine rings is 1. The number of benzene rings is 1. The van der Waals surface area contributed by atoms with E-state index in [0.717, 1.165) is 44.6 Å². The second kappa shape index (κ2) is 7.00. The Kier molecular flexibility index (Phi) is 5.31. The lowest BCUT2D eigenvalue weighted by molar-refractivity contribution is 0.0855. The van der Waals surface area contributed by atoms with Crippen molar-refractivity contribution < 1.29 is 14.3 Å². The van der Waals surface area contributed by atoms with Gasteiger partial charge in [0.05, 0.1) is 12.1 Å². The summed E-state index contributed by atoms with van der Waals surface area (Å²) in [5.74, 6) is -0.905. The van der Waals surface area contributed by atoms with E-state index >= 15 is 0 Å². The molecule has 1 saturated heterocycles. The standard InChI is InChI=1S/C16H23FN2O2/c1-3-19-8-6-13(7-9-19)18(2)11-16(21)14-10-12(17)4-5-15(14)20/h4-5,10,13,20H,3,6-9,11H2,1-2H3. The van der Waals surface area contributed by atoms with Gasteiger partial charge >= 0.3 is 0 Å². The second-order valence-corrected chi connectivity index (χ2v) is 5.67. The number of carbonyl (C=O) groups is 1. The van der Waals surface area contributed by atoms with Crippen molar-refractivity contribution in [2.45, 2.75) is 25.8 Å². The van der Waals surface area contributed by atoms with E-state index in [1.54, 1.807) is 0 Å². The lowest BCUT2D eigenvalue weighted by atomic mass is 10.0. The third-order valence-corrected chi connectivity index (χ3v) is 4.28. The Labute approximate surface area is 125 Å². The normalized spacial score (nSPS) is 17.3. The van der Waals surface area contributed by atoms with Gasteiger partial charge in [-0.15, -0.1) is 0 Å². The summed E-state index contributed by atoms with van der Waals surface area (Å²) in [6.45, 7) is 5.51. The van der Waals surface area contributed by atoms with Crippen LogP contribution in [0.1, 0.15) is 30.1 Å². The number of likely N-dealkylation sites (N-methyl/N-ethyl adjacent to an activating group) is 1. The molecule has 0 atom stereocenters. The summed E-state index contributed by atoms with van der Waals surface area (Å²) in [6.07, 6.45) is 2.07. The van der Waals surface area contributed by atoms with Gasteiger partial charge in [-0.25, -0.2) is 4.39 Å². The quantitative estimate of drug-likeness (QED) is 0.845. The Morgan fingerprint density at radius 1 is 1.43 bits per heavy atom. The molecule has 0 saturated carbocycles. The smallest absolute Gasteiger partial charge is 0.180 e. The molecule has 1 aliphatic rings. The van der Waals surface area contributed by atoms with Crippen LogP contribution in [0.25, 0.3) is 0 Å². The first-order chi connectivity index (χ1) is 10.0. The lowest BCUT2D eigenvalue weighted by Gasteiger charge is -2.36. The van der Waals surface area contributed by atoms with Crippen molar-refractivity contribution >= 4 is 5.78 Å². The topological polar surface area (TPSA) is 43.8 Å². The number of likely N-dealkylation sites (tertiary alicyclic amines) is 1. The summed E-state index contributed by atoms with van der Waals surface area (Å²) in [6, 6.07) is 3.84. The molecule has 5 heteroatoms. The van der Waals surface area contributed by atoms with E-state index < -0.39 is 5.82 Å². The molecule has 1 aromatic rings. The van der Waals surface area contributed by atoms with Crippen molar-refractivity contribution in [3.05, 3.63) is 29.6 Å². The Balaban J connectivity index is 1.95. The van der Waals surface area contributed by atoms with Crippen LogP contribution in [0.3, 0.4) is 0 Å². The van der Waals surface area contributed by atoms with Crippen molar-refractivity contribution in [1.29, 1.82) is 0 Å². The number of ketones is 1. The highest BCUT2D eigenvalue weighted by molar-refractivity contribution is 6.00. The number of carbonyl (C=O) groups excluding carboxylic acids is 1. The van der Waals surface area contributed by atoms with E-state index in [0.29, 0.717) is 6.04 Å². The number of aromatic hydroxyl groups is 1. The fraction of sp³-hybridized carbons (Fsp3) is 0.562. The summed E-state index contributed by atoms with van der Waals surface area (Å²) >= 11 is 0. The maximum absolute atomic E-state index is 13.2. The molecule has 1 fully saturated rings. The first kappa shape index (κ1) is 15.9. The van der Waals surface area contributed by atoms with Crippen LogP contribution in [0.15, 0.2) is 18.2 Å². The molecular formula is C16H23FN2O2. The largest absolute Gasteiger partial charge is 0.507 e. The van der Waals surface area contributed by atoms with Crippen LogP contribution in [0.5, 0.6) is 5.75 Å². The number of hydrogen-bond donors (Lipinski definition) is 1. The number of Topliss-reactive ketones (excluding diaryl/α,β-unsaturated/α-hetero) is 1. The molecule has 0 radical (unpaired) electrons. The van der Waals surface area contributed by atoms with Gasteiger partial charge in [0.1, 0.15) is 11.6 Å². The molecule has 0 bridgehead atoms. The molecule has 116 valence electrons. The predicted octanol–water partition coefficient (Wildman–Crippen LogP) is 2.13. The Bertz CT molecular complexity index is 499. The number of phenolic OH excluding ortho intramolecular Hbond substituents is 1. The van der Waals surface area contributed by atoms with Crippen molar-refractivity contribution in [1.82, 2.24) is 9.80 Å². The van der Waals surface area contributed by atoms with Crippen LogP contribution in [0.2, 0.25) is 0 Å². The van der Waals surface area contributed by atoms with Gasteiger partial charge in [-0.2, -0.15) is 0 Å². The number of rotatable bonds is 5. The number of nitrogens with zero attached hydrogens (tertiary/aromatic N) is 2. The van der Waals surface area contributed by atoms with Crippen molar-refractivity contribution in [3.63, 3.8) is 0 Å². The van der Waals surface area contributed by atoms with Gasteiger partial charge in [0.2, 0.25) is 0 Å². The minimum atomic E-state index is -0.505. The van der Waals surface area contributed by atoms with E-state index in [4.69, 9.17) is 0 Å². The lowest BCUT2D eigenvalue weighted by Crippen LogP contribution is -2.44. The van der Waals surface area contributed by atoms with Crippen molar-refractivity contribution in [2.75, 3.05) is 33.2 Å². The summed E-state index contributed by atoms with van der Waals surface area (Å²) in [5, 5.41) is 9.68. The van der Waals surface area contributed by atoms with Crippen LogP contribution in [0.4, 0.5) is 4.39 Å². The highest BCUT2D eigenvalue weighted by Crippen LogP contribution is 2.20. The molecular weight excluding hydrogens is 271 g/mol. The van der Waals surface area contributed by atoms with Gasteiger partial charge in [0.15, 0.2) is 5.78 Å². The van der Waals surface area contributed by atoms with Crippen LogP contribution < -0.4 is 0 Å². The molecule has 4 nitrogen and oxygen atoms in total. The van der Waals surface area contributed by atoms with Crippen LogP contribution in [-0.4, -0.2) is 60.0 Å². The average Bonchev–Trinajstić information content (AvgIpc) is 2.49. The van der Waals surface area contributed by atoms with E-state index in [1.807, 2.05) is 11.9 Å². The fourth-order valence-electron chi connectivity index (χ4n) is 2.85. The van der Waals surface area contributed by atoms with Crippen LogP contribution in [0, 0.1) is 5.82 Å². The maximum Gasteiger partial charge on any atom is 0.180 e. The second-order valence-electron chi connectivity index (χ2n) is 5.67. The van der Waals surface area contributed by atoms with Gasteiger partial charge < -0.3 is 10.0 Å². The Morgan fingerprint density at radius 3 is 2.71 bits per heavy atom. The molecule has 0 aromatic heterocycles. The summed E-state index contributed by atoms with van der Waals surface area (Å²) in [7, 11) is 1.92. The van der Waals surface area contributed by atoms with Crippen LogP contribution >= 0.6 is 0 Å². The monoisotopic (exact) mass is 294 g/mol. The van der Waals surface area contributed by atoms with Gasteiger partial charge in [-0.1, -0.05) is 6.92 Å². The molecule has 1 heterocycles. The summed E-state index contributed by atoms with van der Waals surface area (Å²) < 4.78 is 13.2. The summed E-state index contributed by atoms with van der Waals surface area (Å²) in [4.78, 5) is 16.6. The molecule has 1 aliphatic heterocycles. The Morgan fingerprint density at radius 2 is 2.10 bits per heavy atom. The average molecular weight is 294 g/mol.